The Morgan fingerprint density at radius 2 is 1.87 bits per heavy atom. The number of aromatic nitrogens is 1. The highest BCUT2D eigenvalue weighted by molar-refractivity contribution is 5.70. The van der Waals surface area contributed by atoms with Gasteiger partial charge in [0, 0.05) is 42.9 Å². The highest BCUT2D eigenvalue weighted by Gasteiger charge is 2.37. The fourth-order valence-electron chi connectivity index (χ4n) is 6.54. The van der Waals surface area contributed by atoms with Crippen molar-refractivity contribution in [3.63, 3.8) is 0 Å². The minimum absolute atomic E-state index is 0.106. The third-order valence-electron chi connectivity index (χ3n) is 9.54. The van der Waals surface area contributed by atoms with E-state index < -0.39 is 36.0 Å². The summed E-state index contributed by atoms with van der Waals surface area (Å²) >= 11 is 0. The molecule has 0 unspecified atom stereocenters. The first-order chi connectivity index (χ1) is 21.5. The second-order valence-corrected chi connectivity index (χ2v) is 13.4. The van der Waals surface area contributed by atoms with Crippen molar-refractivity contribution in [2.75, 3.05) is 26.2 Å². The van der Waals surface area contributed by atoms with Gasteiger partial charge in [-0.15, -0.1) is 0 Å². The molecule has 2 fully saturated rings. The van der Waals surface area contributed by atoms with Crippen LogP contribution in [0.4, 0.5) is 4.79 Å². The summed E-state index contributed by atoms with van der Waals surface area (Å²) in [4.78, 5) is 34.9. The van der Waals surface area contributed by atoms with Crippen molar-refractivity contribution >= 4 is 12.1 Å². The van der Waals surface area contributed by atoms with Crippen molar-refractivity contribution in [2.45, 2.75) is 115 Å². The zero-order valence-corrected chi connectivity index (χ0v) is 27.5. The normalized spacial score (nSPS) is 31.5. The van der Waals surface area contributed by atoms with Crippen LogP contribution in [0.1, 0.15) is 90.7 Å². The zero-order chi connectivity index (χ0) is 32.4. The molecule has 0 radical (unpaired) electrons. The number of rotatable bonds is 6. The molecule has 0 aliphatic carbocycles. The minimum atomic E-state index is -1.44. The Labute approximate surface area is 269 Å². The largest absolute Gasteiger partial charge is 0.457 e. The van der Waals surface area contributed by atoms with Gasteiger partial charge in [0.2, 0.25) is 0 Å². The molecule has 4 heterocycles. The highest BCUT2D eigenvalue weighted by Crippen LogP contribution is 2.28. The summed E-state index contributed by atoms with van der Waals surface area (Å²) in [6.07, 6.45) is 14.0. The molecule has 9 heteroatoms. The van der Waals surface area contributed by atoms with Gasteiger partial charge < -0.3 is 29.5 Å². The third kappa shape index (κ3) is 10.2. The Balaban J connectivity index is 1.46. The van der Waals surface area contributed by atoms with E-state index >= 15 is 0 Å². The average molecular weight is 624 g/mol. The molecular weight excluding hydrogens is 570 g/mol. The fourth-order valence-corrected chi connectivity index (χ4v) is 6.54. The number of carbonyl (C=O) groups is 2. The van der Waals surface area contributed by atoms with Crippen LogP contribution in [0.15, 0.2) is 60.3 Å². The van der Waals surface area contributed by atoms with Crippen LogP contribution in [-0.2, 0) is 14.3 Å². The maximum atomic E-state index is 13.4. The zero-order valence-electron chi connectivity index (χ0n) is 27.5. The number of aliphatic hydroxyl groups is 2. The fraction of sp³-hybridized carbons (Fsp3) is 0.639. The molecule has 4 rings (SSSR count). The predicted octanol–water partition coefficient (Wildman–Crippen LogP) is 5.54. The van der Waals surface area contributed by atoms with Crippen LogP contribution < -0.4 is 0 Å². The molecule has 2 N–H and O–H groups in total. The standard InChI is InChI=1S/C36H53N3O6/c1-26(31-13-6-7-20-37-31)11-10-12-27(2)34-28(3)14-15-32(36(4,43)19-16-30(40)25-33(41)45-34)44-35(42)39-23-17-29(18-24-39)38-21-8-5-9-22-38/h6-7,10-15,20,26,28-30,32,34,40,43H,5,8-9,16-19,21-25H2,1-4H3/b11-10+,15-14+,27-12+/t26-,28+,30-,32+,34-,36-/m1/s1. The molecule has 1 amide bonds. The van der Waals surface area contributed by atoms with Crippen molar-refractivity contribution in [1.82, 2.24) is 14.8 Å². The third-order valence-corrected chi connectivity index (χ3v) is 9.54. The minimum Gasteiger partial charge on any atom is -0.457 e. The van der Waals surface area contributed by atoms with Gasteiger partial charge in [-0.1, -0.05) is 50.6 Å². The highest BCUT2D eigenvalue weighted by atomic mass is 16.6. The summed E-state index contributed by atoms with van der Waals surface area (Å²) in [5.74, 6) is -0.682. The number of cyclic esters (lactones) is 1. The van der Waals surface area contributed by atoms with Crippen molar-refractivity contribution < 1.29 is 29.3 Å². The van der Waals surface area contributed by atoms with Crippen LogP contribution >= 0.6 is 0 Å². The van der Waals surface area contributed by atoms with E-state index in [1.807, 2.05) is 56.4 Å². The van der Waals surface area contributed by atoms with Crippen LogP contribution in [0, 0.1) is 5.92 Å². The Kier molecular flexibility index (Phi) is 12.8. The number of ether oxygens (including phenoxy) is 2. The summed E-state index contributed by atoms with van der Waals surface area (Å²) in [5.41, 5.74) is 0.349. The predicted molar refractivity (Wildman–Crippen MR) is 175 cm³/mol. The van der Waals surface area contributed by atoms with Gasteiger partial charge in [0.1, 0.15) is 11.7 Å². The number of likely N-dealkylation sites (tertiary alicyclic amines) is 2. The summed E-state index contributed by atoms with van der Waals surface area (Å²) in [7, 11) is 0. The Bertz CT molecular complexity index is 1180. The second-order valence-electron chi connectivity index (χ2n) is 13.4. The van der Waals surface area contributed by atoms with Gasteiger partial charge in [0.05, 0.1) is 12.5 Å². The SMILES string of the molecule is C/C(=C\C=C\[C@@H](C)c1ccccn1)[C@H]1OC(=O)C[C@H](O)CC[C@@](C)(O)[C@@H](OC(=O)N2CCC(N3CCCCC3)CC2)/C=C/[C@@H]1C. The van der Waals surface area contributed by atoms with Crippen LogP contribution in [-0.4, -0.2) is 93.2 Å². The molecule has 248 valence electrons. The van der Waals surface area contributed by atoms with Crippen LogP contribution in [0.25, 0.3) is 0 Å². The van der Waals surface area contributed by atoms with Crippen molar-refractivity contribution in [3.8, 4) is 0 Å². The van der Waals surface area contributed by atoms with Gasteiger partial charge in [-0.2, -0.15) is 0 Å². The van der Waals surface area contributed by atoms with Crippen molar-refractivity contribution in [3.05, 3.63) is 66.0 Å². The summed E-state index contributed by atoms with van der Waals surface area (Å²) in [6.45, 7) is 11.0. The molecule has 2 saturated heterocycles. The number of hydrogen-bond acceptors (Lipinski definition) is 8. The Hall–Kier alpha value is -3.01. The van der Waals surface area contributed by atoms with Gasteiger partial charge >= 0.3 is 12.1 Å². The number of aliphatic hydroxyl groups excluding tert-OH is 1. The van der Waals surface area contributed by atoms with Crippen LogP contribution in [0.2, 0.25) is 0 Å². The second kappa shape index (κ2) is 16.5. The van der Waals surface area contributed by atoms with Gasteiger partial charge in [0.15, 0.2) is 6.10 Å². The van der Waals surface area contributed by atoms with Gasteiger partial charge in [0.25, 0.3) is 0 Å². The van der Waals surface area contributed by atoms with E-state index in [4.69, 9.17) is 9.47 Å². The number of amides is 1. The number of pyridine rings is 1. The molecular formula is C36H53N3O6. The van der Waals surface area contributed by atoms with E-state index in [0.717, 1.165) is 37.2 Å². The first-order valence-electron chi connectivity index (χ1n) is 16.8. The van der Waals surface area contributed by atoms with E-state index in [9.17, 15) is 19.8 Å². The molecule has 3 aliphatic heterocycles. The van der Waals surface area contributed by atoms with E-state index in [0.29, 0.717) is 19.1 Å². The first-order valence-corrected chi connectivity index (χ1v) is 16.8. The number of nitrogens with zero attached hydrogens (tertiary/aromatic N) is 3. The molecule has 0 aromatic carbocycles. The molecule has 6 atom stereocenters. The maximum Gasteiger partial charge on any atom is 0.410 e. The van der Waals surface area contributed by atoms with Crippen molar-refractivity contribution in [2.24, 2.45) is 5.92 Å². The van der Waals surface area contributed by atoms with Crippen LogP contribution in [0.5, 0.6) is 0 Å². The Morgan fingerprint density at radius 3 is 2.56 bits per heavy atom. The van der Waals surface area contributed by atoms with Gasteiger partial charge in [-0.3, -0.25) is 9.78 Å². The molecule has 1 aromatic rings. The van der Waals surface area contributed by atoms with Crippen LogP contribution in [0.3, 0.4) is 0 Å². The molecule has 3 aliphatic rings. The van der Waals surface area contributed by atoms with Crippen molar-refractivity contribution in [1.29, 1.82) is 0 Å². The quantitative estimate of drug-likeness (QED) is 0.241. The van der Waals surface area contributed by atoms with E-state index in [1.165, 1.54) is 19.3 Å². The maximum absolute atomic E-state index is 13.4. The van der Waals surface area contributed by atoms with Gasteiger partial charge in [-0.25, -0.2) is 4.79 Å². The lowest BCUT2D eigenvalue weighted by Gasteiger charge is -2.40. The smallest absolute Gasteiger partial charge is 0.410 e. The summed E-state index contributed by atoms with van der Waals surface area (Å²) in [5, 5.41) is 22.1. The molecule has 0 spiro atoms. The number of allylic oxidation sites excluding steroid dienone is 3. The van der Waals surface area contributed by atoms with E-state index in [2.05, 4.69) is 16.8 Å². The monoisotopic (exact) mass is 623 g/mol. The van der Waals surface area contributed by atoms with Gasteiger partial charge in [-0.05, 0) is 89.2 Å². The number of esters is 1. The molecule has 9 nitrogen and oxygen atoms in total. The molecule has 0 saturated carbocycles. The summed E-state index contributed by atoms with van der Waals surface area (Å²) in [6, 6.07) is 6.33. The van der Waals surface area contributed by atoms with E-state index in [-0.39, 0.29) is 31.1 Å². The lowest BCUT2D eigenvalue weighted by Crippen LogP contribution is -2.50. The number of piperidine rings is 2. The molecule has 45 heavy (non-hydrogen) atoms. The lowest BCUT2D eigenvalue weighted by molar-refractivity contribution is -0.151. The lowest BCUT2D eigenvalue weighted by atomic mass is 9.88. The number of hydrogen-bond donors (Lipinski definition) is 2. The summed E-state index contributed by atoms with van der Waals surface area (Å²) < 4.78 is 11.9. The molecule has 1 aromatic heterocycles. The first kappa shape index (κ1) is 34.9. The topological polar surface area (TPSA) is 112 Å². The van der Waals surface area contributed by atoms with E-state index in [1.54, 1.807) is 24.1 Å². The number of carbonyl (C=O) groups excluding carboxylic acids is 2. The Morgan fingerprint density at radius 1 is 1.13 bits per heavy atom. The average Bonchev–Trinajstić information content (AvgIpc) is 3.04. The molecule has 0 bridgehead atoms.